The van der Waals surface area contributed by atoms with Gasteiger partial charge in [0.2, 0.25) is 0 Å². The normalized spacial score (nSPS) is 11.0. The zero-order chi connectivity index (χ0) is 17.6. The summed E-state index contributed by atoms with van der Waals surface area (Å²) in [6.07, 6.45) is 1.62. The van der Waals surface area contributed by atoms with E-state index in [4.69, 9.17) is 11.5 Å². The highest BCUT2D eigenvalue weighted by molar-refractivity contribution is 6.10. The average molecular weight is 322 g/mol. The molecule has 3 rings (SSSR count). The Bertz CT molecular complexity index is 996. The Balaban J connectivity index is 2.56. The van der Waals surface area contributed by atoms with Crippen molar-refractivity contribution >= 4 is 22.6 Å². The molecule has 0 spiro atoms. The van der Waals surface area contributed by atoms with Crippen molar-refractivity contribution in [2.45, 2.75) is 20.8 Å². The Labute approximate surface area is 139 Å². The molecule has 0 aliphatic rings. The fraction of sp³-hybridized carbons (Fsp3) is 0.167. The van der Waals surface area contributed by atoms with Crippen LogP contribution in [0.1, 0.15) is 27.2 Å². The van der Waals surface area contributed by atoms with Crippen LogP contribution in [0.4, 0.5) is 5.69 Å². The molecule has 122 valence electrons. The van der Waals surface area contributed by atoms with Gasteiger partial charge in [-0.05, 0) is 49.6 Å². The summed E-state index contributed by atoms with van der Waals surface area (Å²) < 4.78 is 0. The van der Waals surface area contributed by atoms with Crippen molar-refractivity contribution in [2.75, 3.05) is 5.73 Å². The number of rotatable bonds is 2. The quantitative estimate of drug-likeness (QED) is 0.627. The number of carbonyl (C=O) groups excluding carboxylic acids is 1. The molecule has 0 aliphatic carbocycles. The SMILES string of the molecule is Cc1cnc2cc(C(N)=O)c(N)c(-c3c(C)ccc(O)c3C)c2n1. The van der Waals surface area contributed by atoms with Crippen molar-refractivity contribution in [3.8, 4) is 16.9 Å². The van der Waals surface area contributed by atoms with Gasteiger partial charge in [-0.15, -0.1) is 0 Å². The van der Waals surface area contributed by atoms with E-state index >= 15 is 0 Å². The first-order valence-electron chi connectivity index (χ1n) is 7.46. The Morgan fingerprint density at radius 1 is 1.17 bits per heavy atom. The number of carbonyl (C=O) groups is 1. The maximum Gasteiger partial charge on any atom is 0.250 e. The van der Waals surface area contributed by atoms with Crippen LogP contribution in [0.3, 0.4) is 0 Å². The third-order valence-corrected chi connectivity index (χ3v) is 4.16. The molecule has 0 atom stereocenters. The molecule has 1 heterocycles. The Morgan fingerprint density at radius 2 is 1.88 bits per heavy atom. The third-order valence-electron chi connectivity index (χ3n) is 4.16. The van der Waals surface area contributed by atoms with E-state index in [0.29, 0.717) is 22.2 Å². The fourth-order valence-corrected chi connectivity index (χ4v) is 2.93. The van der Waals surface area contributed by atoms with Gasteiger partial charge in [0.25, 0.3) is 5.91 Å². The molecular formula is C18H18N4O2. The van der Waals surface area contributed by atoms with E-state index < -0.39 is 5.91 Å². The van der Waals surface area contributed by atoms with Gasteiger partial charge >= 0.3 is 0 Å². The van der Waals surface area contributed by atoms with E-state index in [2.05, 4.69) is 9.97 Å². The van der Waals surface area contributed by atoms with Crippen LogP contribution in [-0.2, 0) is 0 Å². The minimum absolute atomic E-state index is 0.147. The Morgan fingerprint density at radius 3 is 2.54 bits per heavy atom. The molecule has 0 aliphatic heterocycles. The van der Waals surface area contributed by atoms with E-state index in [1.807, 2.05) is 13.8 Å². The molecule has 0 saturated heterocycles. The molecule has 24 heavy (non-hydrogen) atoms. The van der Waals surface area contributed by atoms with E-state index in [-0.39, 0.29) is 17.0 Å². The van der Waals surface area contributed by atoms with Gasteiger partial charge in [-0.1, -0.05) is 6.07 Å². The Hall–Kier alpha value is -3.15. The second-order valence-electron chi connectivity index (χ2n) is 5.86. The lowest BCUT2D eigenvalue weighted by atomic mass is 9.91. The van der Waals surface area contributed by atoms with Gasteiger partial charge in [0, 0.05) is 11.8 Å². The van der Waals surface area contributed by atoms with E-state index in [9.17, 15) is 9.90 Å². The maximum atomic E-state index is 11.8. The zero-order valence-corrected chi connectivity index (χ0v) is 13.7. The first kappa shape index (κ1) is 15.7. The van der Waals surface area contributed by atoms with Gasteiger partial charge in [-0.25, -0.2) is 4.98 Å². The molecule has 0 saturated carbocycles. The summed E-state index contributed by atoms with van der Waals surface area (Å²) in [5.74, 6) is -0.485. The van der Waals surface area contributed by atoms with Crippen LogP contribution in [0.25, 0.3) is 22.2 Å². The monoisotopic (exact) mass is 322 g/mol. The lowest BCUT2D eigenvalue weighted by Crippen LogP contribution is -2.15. The van der Waals surface area contributed by atoms with Crippen LogP contribution >= 0.6 is 0 Å². The topological polar surface area (TPSA) is 115 Å². The summed E-state index contributed by atoms with van der Waals surface area (Å²) in [4.78, 5) is 20.7. The molecule has 1 aromatic heterocycles. The summed E-state index contributed by atoms with van der Waals surface area (Å²) in [5.41, 5.74) is 16.9. The number of phenols is 1. The number of nitrogen functional groups attached to an aromatic ring is 1. The molecule has 1 amide bonds. The van der Waals surface area contributed by atoms with Crippen LogP contribution in [0.5, 0.6) is 5.75 Å². The molecule has 0 fully saturated rings. The highest BCUT2D eigenvalue weighted by atomic mass is 16.3. The van der Waals surface area contributed by atoms with Crippen LogP contribution in [-0.4, -0.2) is 21.0 Å². The summed E-state index contributed by atoms with van der Waals surface area (Å²) in [6.45, 7) is 5.53. The number of fused-ring (bicyclic) bond motifs is 1. The predicted octanol–water partition coefficient (Wildman–Crippen LogP) is 2.61. The second-order valence-corrected chi connectivity index (χ2v) is 5.86. The number of aryl methyl sites for hydroxylation is 2. The molecule has 3 aromatic rings. The molecule has 0 radical (unpaired) electrons. The van der Waals surface area contributed by atoms with Gasteiger partial charge in [0.1, 0.15) is 5.75 Å². The lowest BCUT2D eigenvalue weighted by molar-refractivity contribution is 0.100. The van der Waals surface area contributed by atoms with E-state index in [0.717, 1.165) is 16.8 Å². The van der Waals surface area contributed by atoms with Gasteiger partial charge in [0.05, 0.1) is 28.0 Å². The van der Waals surface area contributed by atoms with Crippen molar-refractivity contribution in [2.24, 2.45) is 5.73 Å². The zero-order valence-electron chi connectivity index (χ0n) is 13.7. The van der Waals surface area contributed by atoms with Crippen molar-refractivity contribution < 1.29 is 9.90 Å². The van der Waals surface area contributed by atoms with Crippen LogP contribution < -0.4 is 11.5 Å². The second kappa shape index (κ2) is 5.49. The summed E-state index contributed by atoms with van der Waals surface area (Å²) in [7, 11) is 0. The van der Waals surface area contributed by atoms with Crippen molar-refractivity contribution in [1.29, 1.82) is 0 Å². The van der Waals surface area contributed by atoms with Gasteiger partial charge in [-0.2, -0.15) is 0 Å². The number of phenolic OH excluding ortho intramolecular Hbond substituents is 1. The van der Waals surface area contributed by atoms with E-state index in [1.54, 1.807) is 31.3 Å². The number of nitrogens with two attached hydrogens (primary N) is 2. The molecule has 2 aromatic carbocycles. The minimum atomic E-state index is -0.631. The van der Waals surface area contributed by atoms with E-state index in [1.165, 1.54) is 0 Å². The third kappa shape index (κ3) is 2.32. The number of aromatic hydroxyl groups is 1. The highest BCUT2D eigenvalue weighted by Gasteiger charge is 2.21. The number of benzene rings is 2. The molecule has 0 unspecified atom stereocenters. The van der Waals surface area contributed by atoms with Crippen LogP contribution in [0.15, 0.2) is 24.4 Å². The number of anilines is 1. The number of aromatic nitrogens is 2. The van der Waals surface area contributed by atoms with Crippen molar-refractivity contribution in [1.82, 2.24) is 9.97 Å². The molecule has 6 heteroatoms. The molecular weight excluding hydrogens is 304 g/mol. The number of primary amides is 1. The van der Waals surface area contributed by atoms with Gasteiger partial charge in [-0.3, -0.25) is 9.78 Å². The fourth-order valence-electron chi connectivity index (χ4n) is 2.93. The van der Waals surface area contributed by atoms with Gasteiger partial charge < -0.3 is 16.6 Å². The molecule has 6 nitrogen and oxygen atoms in total. The van der Waals surface area contributed by atoms with Crippen LogP contribution in [0.2, 0.25) is 0 Å². The highest BCUT2D eigenvalue weighted by Crippen LogP contribution is 2.40. The van der Waals surface area contributed by atoms with Crippen molar-refractivity contribution in [3.63, 3.8) is 0 Å². The Kier molecular flexibility index (Phi) is 3.60. The summed E-state index contributed by atoms with van der Waals surface area (Å²) >= 11 is 0. The lowest BCUT2D eigenvalue weighted by Gasteiger charge is -2.17. The first-order valence-corrected chi connectivity index (χ1v) is 7.46. The van der Waals surface area contributed by atoms with Crippen LogP contribution in [0, 0.1) is 20.8 Å². The number of hydrogen-bond acceptors (Lipinski definition) is 5. The average Bonchev–Trinajstić information content (AvgIpc) is 2.52. The number of hydrogen-bond donors (Lipinski definition) is 3. The summed E-state index contributed by atoms with van der Waals surface area (Å²) in [5, 5.41) is 10.1. The smallest absolute Gasteiger partial charge is 0.250 e. The molecule has 0 bridgehead atoms. The number of amides is 1. The number of nitrogens with zero attached hydrogens (tertiary/aromatic N) is 2. The van der Waals surface area contributed by atoms with Crippen molar-refractivity contribution in [3.05, 3.63) is 46.8 Å². The predicted molar refractivity (Wildman–Crippen MR) is 93.8 cm³/mol. The maximum absolute atomic E-state index is 11.8. The largest absolute Gasteiger partial charge is 0.508 e. The first-order chi connectivity index (χ1) is 11.3. The van der Waals surface area contributed by atoms with Gasteiger partial charge in [0.15, 0.2) is 0 Å². The summed E-state index contributed by atoms with van der Waals surface area (Å²) in [6, 6.07) is 4.97. The molecule has 5 N–H and O–H groups in total. The minimum Gasteiger partial charge on any atom is -0.508 e. The standard InChI is InChI=1S/C18H18N4O2/c1-8-4-5-13(23)10(3)14(8)15-16(19)11(18(20)24)6-12-17(15)22-9(2)7-21-12/h4-7,23H,19H2,1-3H3,(H2,20,24).